The van der Waals surface area contributed by atoms with E-state index in [1.165, 1.54) is 6.07 Å². The third-order valence-corrected chi connectivity index (χ3v) is 3.39. The fourth-order valence-corrected chi connectivity index (χ4v) is 2.02. The van der Waals surface area contributed by atoms with Crippen molar-refractivity contribution in [1.29, 1.82) is 0 Å². The molecule has 1 aromatic carbocycles. The minimum Gasteiger partial charge on any atom is -0.508 e. The Morgan fingerprint density at radius 1 is 1.17 bits per heavy atom. The van der Waals surface area contributed by atoms with Gasteiger partial charge in [0.05, 0.1) is 0 Å². The molecule has 0 bridgehead atoms. The average molecular weight is 322 g/mol. The monoisotopic (exact) mass is 322 g/mol. The Morgan fingerprint density at radius 3 is 2.43 bits per heavy atom. The third kappa shape index (κ3) is 6.59. The van der Waals surface area contributed by atoms with Gasteiger partial charge in [-0.1, -0.05) is 49.1 Å². The molecule has 124 valence electrons. The molecular formula is C19H21F3O. The van der Waals surface area contributed by atoms with E-state index >= 15 is 0 Å². The van der Waals surface area contributed by atoms with Crippen LogP contribution in [-0.2, 0) is 6.42 Å². The Morgan fingerprint density at radius 2 is 1.87 bits per heavy atom. The number of allylic oxidation sites excluding steroid dienone is 6. The van der Waals surface area contributed by atoms with Crippen LogP contribution in [0.15, 0.2) is 61.2 Å². The zero-order valence-electron chi connectivity index (χ0n) is 13.2. The van der Waals surface area contributed by atoms with Crippen LogP contribution in [0.2, 0.25) is 0 Å². The zero-order chi connectivity index (χ0) is 17.5. The molecule has 0 aliphatic carbocycles. The van der Waals surface area contributed by atoms with Gasteiger partial charge in [0, 0.05) is 6.42 Å². The Balaban J connectivity index is 2.98. The summed E-state index contributed by atoms with van der Waals surface area (Å²) in [7, 11) is 0. The molecule has 0 heterocycles. The first kappa shape index (κ1) is 18.8. The Bertz CT molecular complexity index is 622. The van der Waals surface area contributed by atoms with Gasteiger partial charge in [-0.2, -0.15) is 13.2 Å². The Hall–Kier alpha value is -2.23. The van der Waals surface area contributed by atoms with Crippen LogP contribution in [0.1, 0.15) is 30.9 Å². The number of hydrogen-bond acceptors (Lipinski definition) is 1. The smallest absolute Gasteiger partial charge is 0.389 e. The zero-order valence-corrected chi connectivity index (χ0v) is 13.2. The van der Waals surface area contributed by atoms with E-state index in [1.807, 2.05) is 19.1 Å². The quantitative estimate of drug-likeness (QED) is 0.612. The van der Waals surface area contributed by atoms with Crippen molar-refractivity contribution in [3.05, 3.63) is 72.4 Å². The molecule has 0 spiro atoms. The van der Waals surface area contributed by atoms with Crippen molar-refractivity contribution < 1.29 is 18.3 Å². The van der Waals surface area contributed by atoms with Crippen LogP contribution >= 0.6 is 0 Å². The maximum absolute atomic E-state index is 12.2. The van der Waals surface area contributed by atoms with E-state index in [2.05, 4.69) is 13.2 Å². The minimum atomic E-state index is -4.17. The van der Waals surface area contributed by atoms with Gasteiger partial charge in [-0.3, -0.25) is 0 Å². The van der Waals surface area contributed by atoms with Gasteiger partial charge in [-0.25, -0.2) is 0 Å². The van der Waals surface area contributed by atoms with E-state index in [-0.39, 0.29) is 18.6 Å². The summed E-state index contributed by atoms with van der Waals surface area (Å²) in [4.78, 5) is 0. The standard InChI is InChI=1S/C19H21F3O/c1-4-14(3)8-9-15(5-2)16-10-11-18(23)17(13-16)7-6-12-19(20,21)22/h4-5,8-11,13,23H,1-2,6-7,12H2,3H3/b14-8+,15-9+. The van der Waals surface area contributed by atoms with E-state index in [0.717, 1.165) is 16.7 Å². The molecule has 23 heavy (non-hydrogen) atoms. The molecule has 1 rings (SSSR count). The molecule has 4 heteroatoms. The lowest BCUT2D eigenvalue weighted by atomic mass is 9.99. The van der Waals surface area contributed by atoms with Gasteiger partial charge in [0.1, 0.15) is 5.75 Å². The van der Waals surface area contributed by atoms with Crippen LogP contribution in [0.3, 0.4) is 0 Å². The Kier molecular flexibility index (Phi) is 6.89. The molecule has 0 aliphatic rings. The van der Waals surface area contributed by atoms with Gasteiger partial charge in [0.15, 0.2) is 0 Å². The highest BCUT2D eigenvalue weighted by Crippen LogP contribution is 2.28. The predicted octanol–water partition coefficient (Wildman–Crippen LogP) is 5.98. The van der Waals surface area contributed by atoms with Crippen LogP contribution in [0, 0.1) is 0 Å². The van der Waals surface area contributed by atoms with Crippen molar-refractivity contribution in [2.45, 2.75) is 32.4 Å². The number of phenols is 1. The van der Waals surface area contributed by atoms with Crippen molar-refractivity contribution in [2.75, 3.05) is 0 Å². The number of alkyl halides is 3. The van der Waals surface area contributed by atoms with E-state index in [4.69, 9.17) is 0 Å². The van der Waals surface area contributed by atoms with E-state index < -0.39 is 12.6 Å². The van der Waals surface area contributed by atoms with Crippen LogP contribution in [-0.4, -0.2) is 11.3 Å². The molecule has 0 aromatic heterocycles. The van der Waals surface area contributed by atoms with Crippen LogP contribution in [0.25, 0.3) is 5.57 Å². The molecule has 0 atom stereocenters. The van der Waals surface area contributed by atoms with Crippen molar-refractivity contribution in [3.63, 3.8) is 0 Å². The third-order valence-electron chi connectivity index (χ3n) is 3.39. The first-order valence-electron chi connectivity index (χ1n) is 7.29. The summed E-state index contributed by atoms with van der Waals surface area (Å²) in [6.45, 7) is 9.33. The van der Waals surface area contributed by atoms with Crippen molar-refractivity contribution >= 4 is 5.57 Å². The maximum Gasteiger partial charge on any atom is 0.389 e. The van der Waals surface area contributed by atoms with Crippen LogP contribution < -0.4 is 0 Å². The number of rotatable bonds is 7. The summed E-state index contributed by atoms with van der Waals surface area (Å²) in [5, 5.41) is 9.82. The predicted molar refractivity (Wildman–Crippen MR) is 89.2 cm³/mol. The summed E-state index contributed by atoms with van der Waals surface area (Å²) in [6.07, 6.45) is 2.20. The lowest BCUT2D eigenvalue weighted by Crippen LogP contribution is -2.07. The highest BCUT2D eigenvalue weighted by molar-refractivity contribution is 5.75. The summed E-state index contributed by atoms with van der Waals surface area (Å²) < 4.78 is 36.7. The molecule has 0 radical (unpaired) electrons. The SMILES string of the molecule is C=C/C(C)=C/C=C(\C=C)c1ccc(O)c(CCCC(F)(F)F)c1. The molecule has 0 unspecified atom stereocenters. The highest BCUT2D eigenvalue weighted by Gasteiger charge is 2.26. The molecule has 1 aromatic rings. The van der Waals surface area contributed by atoms with Gasteiger partial charge in [-0.05, 0) is 48.6 Å². The molecule has 1 nitrogen and oxygen atoms in total. The second-order valence-corrected chi connectivity index (χ2v) is 5.25. The Labute approximate surface area is 135 Å². The first-order valence-corrected chi connectivity index (χ1v) is 7.29. The summed E-state index contributed by atoms with van der Waals surface area (Å²) in [6, 6.07) is 4.92. The van der Waals surface area contributed by atoms with Gasteiger partial charge >= 0.3 is 6.18 Å². The molecule has 0 amide bonds. The minimum absolute atomic E-state index is 0.0113. The first-order chi connectivity index (χ1) is 10.8. The lowest BCUT2D eigenvalue weighted by Gasteiger charge is -2.10. The largest absolute Gasteiger partial charge is 0.508 e. The normalized spacial score (nSPS) is 13.0. The number of phenolic OH excluding ortho intramolecular Hbond substituents is 1. The van der Waals surface area contributed by atoms with Crippen molar-refractivity contribution in [1.82, 2.24) is 0 Å². The molecule has 0 fully saturated rings. The number of benzene rings is 1. The number of aromatic hydroxyl groups is 1. The van der Waals surface area contributed by atoms with Gasteiger partial charge in [0.2, 0.25) is 0 Å². The van der Waals surface area contributed by atoms with Gasteiger partial charge in [0.25, 0.3) is 0 Å². The van der Waals surface area contributed by atoms with Crippen LogP contribution in [0.5, 0.6) is 5.75 Å². The summed E-state index contributed by atoms with van der Waals surface area (Å²) >= 11 is 0. The van der Waals surface area contributed by atoms with E-state index in [9.17, 15) is 18.3 Å². The molecule has 0 saturated carbocycles. The fraction of sp³-hybridized carbons (Fsp3) is 0.263. The van der Waals surface area contributed by atoms with Gasteiger partial charge < -0.3 is 5.11 Å². The molecule has 0 saturated heterocycles. The average Bonchev–Trinajstić information content (AvgIpc) is 2.49. The number of hydrogen-bond donors (Lipinski definition) is 1. The maximum atomic E-state index is 12.2. The van der Waals surface area contributed by atoms with Gasteiger partial charge in [-0.15, -0.1) is 0 Å². The molecule has 0 aliphatic heterocycles. The second-order valence-electron chi connectivity index (χ2n) is 5.25. The van der Waals surface area contributed by atoms with Crippen LogP contribution in [0.4, 0.5) is 13.2 Å². The molecule has 1 N–H and O–H groups in total. The van der Waals surface area contributed by atoms with E-state index in [1.54, 1.807) is 24.3 Å². The van der Waals surface area contributed by atoms with Crippen molar-refractivity contribution in [2.24, 2.45) is 0 Å². The highest BCUT2D eigenvalue weighted by atomic mass is 19.4. The summed E-state index contributed by atoms with van der Waals surface area (Å²) in [5.41, 5.74) is 3.11. The topological polar surface area (TPSA) is 20.2 Å². The van der Waals surface area contributed by atoms with E-state index in [0.29, 0.717) is 5.56 Å². The fourth-order valence-electron chi connectivity index (χ4n) is 2.02. The summed E-state index contributed by atoms with van der Waals surface area (Å²) in [5.74, 6) is 0.0113. The molecular weight excluding hydrogens is 301 g/mol. The lowest BCUT2D eigenvalue weighted by molar-refractivity contribution is -0.135. The number of aryl methyl sites for hydroxylation is 1. The van der Waals surface area contributed by atoms with Crippen molar-refractivity contribution in [3.8, 4) is 5.75 Å². The second kappa shape index (κ2) is 8.42. The number of halogens is 3.